The highest BCUT2D eigenvalue weighted by molar-refractivity contribution is 5.45. The number of ether oxygens (including phenoxy) is 1. The Morgan fingerprint density at radius 3 is 2.53 bits per heavy atom. The number of methoxy groups -OCH3 is 1. The maximum Gasteiger partial charge on any atom is 0.206 e. The van der Waals surface area contributed by atoms with Gasteiger partial charge in [-0.15, -0.1) is 0 Å². The van der Waals surface area contributed by atoms with E-state index >= 15 is 0 Å². The maximum absolute atomic E-state index is 13.8. The summed E-state index contributed by atoms with van der Waals surface area (Å²) in [4.78, 5) is 0. The SMILES string of the molecule is COc1ccc(C2(N)CCCCC2)c(O)c1F. The van der Waals surface area contributed by atoms with Gasteiger partial charge in [0.05, 0.1) is 7.11 Å². The molecule has 1 aromatic carbocycles. The van der Waals surface area contributed by atoms with Gasteiger partial charge in [0.25, 0.3) is 0 Å². The van der Waals surface area contributed by atoms with E-state index in [9.17, 15) is 9.50 Å². The lowest BCUT2D eigenvalue weighted by molar-refractivity contribution is 0.285. The van der Waals surface area contributed by atoms with Gasteiger partial charge < -0.3 is 15.6 Å². The molecule has 1 saturated carbocycles. The Morgan fingerprint density at radius 2 is 1.94 bits per heavy atom. The molecule has 0 aromatic heterocycles. The number of nitrogens with two attached hydrogens (primary N) is 1. The van der Waals surface area contributed by atoms with Crippen molar-refractivity contribution in [2.45, 2.75) is 37.6 Å². The van der Waals surface area contributed by atoms with Crippen molar-refractivity contribution in [3.8, 4) is 11.5 Å². The molecule has 0 spiro atoms. The van der Waals surface area contributed by atoms with E-state index in [-0.39, 0.29) is 11.5 Å². The average Bonchev–Trinajstić information content (AvgIpc) is 2.33. The first kappa shape index (κ1) is 12.2. The second kappa shape index (κ2) is 4.53. The Bertz CT molecular complexity index is 414. The van der Waals surface area contributed by atoms with Crippen molar-refractivity contribution >= 4 is 0 Å². The Labute approximate surface area is 100 Å². The van der Waals surface area contributed by atoms with Crippen LogP contribution in [-0.2, 0) is 5.54 Å². The van der Waals surface area contributed by atoms with Crippen molar-refractivity contribution in [1.29, 1.82) is 0 Å². The van der Waals surface area contributed by atoms with Gasteiger partial charge >= 0.3 is 0 Å². The first-order valence-electron chi connectivity index (χ1n) is 5.93. The number of benzene rings is 1. The topological polar surface area (TPSA) is 55.5 Å². The van der Waals surface area contributed by atoms with E-state index in [1.165, 1.54) is 13.2 Å². The second-order valence-electron chi connectivity index (χ2n) is 4.69. The minimum atomic E-state index is -0.722. The Kier molecular flexibility index (Phi) is 3.24. The molecule has 0 heterocycles. The van der Waals surface area contributed by atoms with Crippen LogP contribution in [0.5, 0.6) is 11.5 Å². The van der Waals surface area contributed by atoms with Crippen molar-refractivity contribution in [2.75, 3.05) is 7.11 Å². The average molecular weight is 239 g/mol. The number of phenolic OH excluding ortho intramolecular Hbond substituents is 1. The molecule has 0 atom stereocenters. The zero-order chi connectivity index (χ0) is 12.5. The van der Waals surface area contributed by atoms with Gasteiger partial charge in [0.15, 0.2) is 11.5 Å². The highest BCUT2D eigenvalue weighted by Crippen LogP contribution is 2.41. The Hall–Kier alpha value is -1.29. The minimum absolute atomic E-state index is 0.0469. The zero-order valence-electron chi connectivity index (χ0n) is 10.0. The highest BCUT2D eigenvalue weighted by Gasteiger charge is 2.33. The lowest BCUT2D eigenvalue weighted by Crippen LogP contribution is -2.38. The summed E-state index contributed by atoms with van der Waals surface area (Å²) in [5.41, 5.74) is 6.17. The number of phenols is 1. The number of hydrogen-bond acceptors (Lipinski definition) is 3. The summed E-state index contributed by atoms with van der Waals surface area (Å²) >= 11 is 0. The van der Waals surface area contributed by atoms with Gasteiger partial charge in [-0.1, -0.05) is 19.3 Å². The smallest absolute Gasteiger partial charge is 0.206 e. The molecule has 2 rings (SSSR count). The van der Waals surface area contributed by atoms with Gasteiger partial charge in [-0.25, -0.2) is 0 Å². The molecule has 1 aliphatic carbocycles. The summed E-state index contributed by atoms with van der Waals surface area (Å²) in [5, 5.41) is 9.89. The van der Waals surface area contributed by atoms with E-state index in [2.05, 4.69) is 0 Å². The van der Waals surface area contributed by atoms with Gasteiger partial charge in [0.2, 0.25) is 5.82 Å². The summed E-state index contributed by atoms with van der Waals surface area (Å²) in [6.45, 7) is 0. The molecule has 4 heteroatoms. The molecule has 0 unspecified atom stereocenters. The summed E-state index contributed by atoms with van der Waals surface area (Å²) in [7, 11) is 1.37. The van der Waals surface area contributed by atoms with Crippen LogP contribution >= 0.6 is 0 Å². The van der Waals surface area contributed by atoms with E-state index in [1.807, 2.05) is 0 Å². The largest absolute Gasteiger partial charge is 0.504 e. The predicted octanol–water partition coefficient (Wildman–Crippen LogP) is 2.66. The molecule has 3 N–H and O–H groups in total. The Morgan fingerprint density at radius 1 is 1.29 bits per heavy atom. The molecule has 94 valence electrons. The molecule has 0 radical (unpaired) electrons. The van der Waals surface area contributed by atoms with Crippen molar-refractivity contribution in [3.63, 3.8) is 0 Å². The first-order valence-corrected chi connectivity index (χ1v) is 5.93. The van der Waals surface area contributed by atoms with E-state index in [0.29, 0.717) is 5.56 Å². The van der Waals surface area contributed by atoms with E-state index in [1.54, 1.807) is 6.07 Å². The fourth-order valence-corrected chi connectivity index (χ4v) is 2.56. The highest BCUT2D eigenvalue weighted by atomic mass is 19.1. The van der Waals surface area contributed by atoms with Crippen molar-refractivity contribution in [2.24, 2.45) is 5.73 Å². The third-order valence-electron chi connectivity index (χ3n) is 3.58. The van der Waals surface area contributed by atoms with Crippen molar-refractivity contribution in [1.82, 2.24) is 0 Å². The molecule has 1 aromatic rings. The fraction of sp³-hybridized carbons (Fsp3) is 0.538. The van der Waals surface area contributed by atoms with Crippen LogP contribution in [0, 0.1) is 5.82 Å². The van der Waals surface area contributed by atoms with Crippen molar-refractivity contribution in [3.05, 3.63) is 23.5 Å². The number of halogens is 1. The number of aromatic hydroxyl groups is 1. The monoisotopic (exact) mass is 239 g/mol. The molecular weight excluding hydrogens is 221 g/mol. The van der Waals surface area contributed by atoms with Crippen molar-refractivity contribution < 1.29 is 14.2 Å². The molecular formula is C13H18FNO2. The quantitative estimate of drug-likeness (QED) is 0.834. The second-order valence-corrected chi connectivity index (χ2v) is 4.69. The van der Waals surface area contributed by atoms with Crippen LogP contribution in [0.25, 0.3) is 0 Å². The first-order chi connectivity index (χ1) is 8.08. The van der Waals surface area contributed by atoms with Gasteiger partial charge in [-0.3, -0.25) is 0 Å². The van der Waals surface area contributed by atoms with Gasteiger partial charge in [-0.05, 0) is 25.0 Å². The van der Waals surface area contributed by atoms with E-state index < -0.39 is 11.4 Å². The predicted molar refractivity (Wildman–Crippen MR) is 63.6 cm³/mol. The molecule has 1 aliphatic rings. The van der Waals surface area contributed by atoms with Crippen LogP contribution in [0.15, 0.2) is 12.1 Å². The van der Waals surface area contributed by atoms with Crippen LogP contribution < -0.4 is 10.5 Å². The normalized spacial score (nSPS) is 19.0. The third-order valence-corrected chi connectivity index (χ3v) is 3.58. The number of hydrogen-bond donors (Lipinski definition) is 2. The van der Waals surface area contributed by atoms with Crippen LogP contribution in [0.1, 0.15) is 37.7 Å². The molecule has 0 bridgehead atoms. The number of rotatable bonds is 2. The minimum Gasteiger partial charge on any atom is -0.504 e. The fourth-order valence-electron chi connectivity index (χ4n) is 2.56. The van der Waals surface area contributed by atoms with E-state index in [0.717, 1.165) is 32.1 Å². The van der Waals surface area contributed by atoms with Crippen LogP contribution in [-0.4, -0.2) is 12.2 Å². The van der Waals surface area contributed by atoms with Crippen LogP contribution in [0.4, 0.5) is 4.39 Å². The summed E-state index contributed by atoms with van der Waals surface area (Å²) in [6.07, 6.45) is 4.75. The van der Waals surface area contributed by atoms with E-state index in [4.69, 9.17) is 10.5 Å². The third kappa shape index (κ3) is 2.09. The Balaban J connectivity index is 2.42. The summed E-state index contributed by atoms with van der Waals surface area (Å²) in [6, 6.07) is 3.19. The van der Waals surface area contributed by atoms with Crippen LogP contribution in [0.3, 0.4) is 0 Å². The molecule has 1 fully saturated rings. The standard InChI is InChI=1S/C13H18FNO2/c1-17-10-6-5-9(12(16)11(10)14)13(15)7-3-2-4-8-13/h5-6,16H,2-4,7-8,15H2,1H3. The molecule has 17 heavy (non-hydrogen) atoms. The van der Waals surface area contributed by atoms with Gasteiger partial charge in [-0.2, -0.15) is 4.39 Å². The van der Waals surface area contributed by atoms with Crippen LogP contribution in [0.2, 0.25) is 0 Å². The lowest BCUT2D eigenvalue weighted by Gasteiger charge is -2.34. The van der Waals surface area contributed by atoms with Gasteiger partial charge in [0.1, 0.15) is 0 Å². The molecule has 0 saturated heterocycles. The van der Waals surface area contributed by atoms with Gasteiger partial charge in [0, 0.05) is 11.1 Å². The molecule has 0 aliphatic heterocycles. The lowest BCUT2D eigenvalue weighted by atomic mass is 9.77. The molecule has 0 amide bonds. The summed E-state index contributed by atoms with van der Waals surface area (Å²) in [5.74, 6) is -1.04. The maximum atomic E-state index is 13.8. The molecule has 3 nitrogen and oxygen atoms in total. The summed E-state index contributed by atoms with van der Waals surface area (Å²) < 4.78 is 18.6. The zero-order valence-corrected chi connectivity index (χ0v) is 10.0.